The van der Waals surface area contributed by atoms with Crippen LogP contribution in [0.4, 0.5) is 0 Å². The molecule has 0 bridgehead atoms. The zero-order valence-corrected chi connectivity index (χ0v) is 20.9. The van der Waals surface area contributed by atoms with Crippen molar-refractivity contribution in [2.24, 2.45) is 5.41 Å². The molecule has 2 heterocycles. The van der Waals surface area contributed by atoms with E-state index in [2.05, 4.69) is 6.92 Å². The summed E-state index contributed by atoms with van der Waals surface area (Å²) in [5, 5.41) is 0. The minimum Gasteiger partial charge on any atom is -0.319 e. The van der Waals surface area contributed by atoms with Crippen molar-refractivity contribution in [1.82, 2.24) is 9.80 Å². The molecule has 1 saturated heterocycles. The van der Waals surface area contributed by atoms with Crippen LogP contribution < -0.4 is 4.89 Å². The summed E-state index contributed by atoms with van der Waals surface area (Å²) in [4.78, 5) is 64.0. The second-order valence-corrected chi connectivity index (χ2v) is 10.2. The van der Waals surface area contributed by atoms with E-state index in [0.717, 1.165) is 37.0 Å². The number of hydrogen-bond donors (Lipinski definition) is 0. The fraction of sp³-hybridized carbons (Fsp3) is 0.615. The van der Waals surface area contributed by atoms with Gasteiger partial charge in [0.15, 0.2) is 5.75 Å². The van der Waals surface area contributed by atoms with Crippen molar-refractivity contribution >= 4 is 23.7 Å². The maximum atomic E-state index is 13.5. The highest BCUT2D eigenvalue weighted by Gasteiger charge is 2.51. The fourth-order valence-corrected chi connectivity index (χ4v) is 4.81. The van der Waals surface area contributed by atoms with E-state index in [1.165, 1.54) is 7.05 Å². The Morgan fingerprint density at radius 3 is 2.47 bits per heavy atom. The van der Waals surface area contributed by atoms with E-state index in [4.69, 9.17) is 9.78 Å². The summed E-state index contributed by atoms with van der Waals surface area (Å²) in [6, 6.07) is 3.80. The molecule has 1 aromatic carbocycles. The average molecular weight is 473 g/mol. The first kappa shape index (κ1) is 25.7. The van der Waals surface area contributed by atoms with Crippen LogP contribution in [0.2, 0.25) is 0 Å². The average Bonchev–Trinajstić information content (AvgIpc) is 3.09. The standard InChI is InChI=1S/C26H36N2O6/c1-6-7-8-9-10-14-21(30)34-33-19-13-11-12-17-22(19)23(26(2,3)4)28(24(17)31)18-15-16-20(29)27(5)25(18)32/h11-13,18,23H,6-10,14-16H2,1-5H3. The molecule has 8 heteroatoms. The number of carbonyl (C=O) groups is 4. The van der Waals surface area contributed by atoms with E-state index in [9.17, 15) is 19.2 Å². The number of imide groups is 1. The maximum Gasteiger partial charge on any atom is 0.355 e. The maximum absolute atomic E-state index is 13.5. The van der Waals surface area contributed by atoms with E-state index in [1.54, 1.807) is 23.1 Å². The summed E-state index contributed by atoms with van der Waals surface area (Å²) >= 11 is 0. The number of nitrogens with zero attached hydrogens (tertiary/aromatic N) is 2. The van der Waals surface area contributed by atoms with Gasteiger partial charge in [0.2, 0.25) is 5.91 Å². The molecule has 2 aliphatic heterocycles. The SMILES string of the molecule is CCCCCCCC(=O)OOc1cccc2c1C(C(C)(C)C)N(C1CCC(=O)N(C)C1=O)C2=O. The zero-order valence-electron chi connectivity index (χ0n) is 20.9. The molecule has 0 saturated carbocycles. The van der Waals surface area contributed by atoms with Gasteiger partial charge in [-0.05, 0) is 30.4 Å². The van der Waals surface area contributed by atoms with Crippen molar-refractivity contribution in [2.45, 2.75) is 91.1 Å². The number of carbonyl (C=O) groups excluding carboxylic acids is 4. The number of rotatable bonds is 9. The Labute approximate surface area is 201 Å². The molecule has 0 spiro atoms. The van der Waals surface area contributed by atoms with E-state index in [-0.39, 0.29) is 37.0 Å². The van der Waals surface area contributed by atoms with Crippen molar-refractivity contribution in [3.05, 3.63) is 29.3 Å². The van der Waals surface area contributed by atoms with Gasteiger partial charge in [0, 0.05) is 24.6 Å². The van der Waals surface area contributed by atoms with Crippen LogP contribution in [-0.2, 0) is 19.3 Å². The summed E-state index contributed by atoms with van der Waals surface area (Å²) in [5.74, 6) is -1.08. The zero-order chi connectivity index (χ0) is 25.0. The van der Waals surface area contributed by atoms with Crippen LogP contribution in [0.1, 0.15) is 101 Å². The lowest BCUT2D eigenvalue weighted by atomic mass is 9.81. The minimum atomic E-state index is -0.745. The summed E-state index contributed by atoms with van der Waals surface area (Å²) in [6.07, 6.45) is 5.81. The van der Waals surface area contributed by atoms with Gasteiger partial charge < -0.3 is 4.90 Å². The molecule has 2 atom stereocenters. The molecule has 0 N–H and O–H groups in total. The van der Waals surface area contributed by atoms with Gasteiger partial charge in [-0.3, -0.25) is 29.1 Å². The Balaban J connectivity index is 1.82. The Morgan fingerprint density at radius 1 is 1.09 bits per heavy atom. The third kappa shape index (κ3) is 5.26. The smallest absolute Gasteiger partial charge is 0.319 e. The number of likely N-dealkylation sites (tertiary alicyclic amines) is 1. The number of likely N-dealkylation sites (N-methyl/N-ethyl adjacent to an activating group) is 1. The second kappa shape index (κ2) is 10.6. The first-order valence-corrected chi connectivity index (χ1v) is 12.2. The molecule has 0 radical (unpaired) electrons. The van der Waals surface area contributed by atoms with Crippen LogP contribution in [0, 0.1) is 5.41 Å². The molecule has 0 aliphatic carbocycles. The summed E-state index contributed by atoms with van der Waals surface area (Å²) in [6.45, 7) is 8.08. The van der Waals surface area contributed by atoms with Crippen LogP contribution >= 0.6 is 0 Å². The van der Waals surface area contributed by atoms with Crippen LogP contribution in [0.5, 0.6) is 5.75 Å². The fourth-order valence-electron chi connectivity index (χ4n) is 4.81. The predicted octanol–water partition coefficient (Wildman–Crippen LogP) is 4.57. The molecule has 2 unspecified atom stereocenters. The molecule has 186 valence electrons. The highest BCUT2D eigenvalue weighted by atomic mass is 17.2. The Morgan fingerprint density at radius 2 is 1.79 bits per heavy atom. The number of piperidine rings is 1. The lowest BCUT2D eigenvalue weighted by Crippen LogP contribution is -2.55. The second-order valence-electron chi connectivity index (χ2n) is 10.2. The van der Waals surface area contributed by atoms with Crippen molar-refractivity contribution < 1.29 is 29.0 Å². The number of unbranched alkanes of at least 4 members (excludes halogenated alkanes) is 4. The van der Waals surface area contributed by atoms with Crippen molar-refractivity contribution in [3.63, 3.8) is 0 Å². The van der Waals surface area contributed by atoms with Gasteiger partial charge in [-0.2, -0.15) is 0 Å². The molecular weight excluding hydrogens is 436 g/mol. The lowest BCUT2D eigenvalue weighted by molar-refractivity contribution is -0.214. The Kier molecular flexibility index (Phi) is 8.00. The van der Waals surface area contributed by atoms with Crippen molar-refractivity contribution in [1.29, 1.82) is 0 Å². The monoisotopic (exact) mass is 472 g/mol. The lowest BCUT2D eigenvalue weighted by Gasteiger charge is -2.42. The Bertz CT molecular complexity index is 951. The molecule has 1 fully saturated rings. The summed E-state index contributed by atoms with van der Waals surface area (Å²) in [7, 11) is 1.45. The number of hydrogen-bond acceptors (Lipinski definition) is 6. The molecular formula is C26H36N2O6. The van der Waals surface area contributed by atoms with Gasteiger partial charge in [-0.25, -0.2) is 4.79 Å². The van der Waals surface area contributed by atoms with E-state index in [0.29, 0.717) is 16.9 Å². The van der Waals surface area contributed by atoms with Gasteiger partial charge in [-0.15, -0.1) is 0 Å². The van der Waals surface area contributed by atoms with Gasteiger partial charge in [0.05, 0.1) is 12.5 Å². The van der Waals surface area contributed by atoms with Crippen molar-refractivity contribution in [3.8, 4) is 5.75 Å². The van der Waals surface area contributed by atoms with E-state index >= 15 is 0 Å². The number of amides is 3. The number of fused-ring (bicyclic) bond motifs is 1. The molecule has 8 nitrogen and oxygen atoms in total. The van der Waals surface area contributed by atoms with Crippen LogP contribution in [0.15, 0.2) is 18.2 Å². The first-order valence-electron chi connectivity index (χ1n) is 12.2. The topological polar surface area (TPSA) is 93.2 Å². The third-order valence-electron chi connectivity index (χ3n) is 6.57. The quantitative estimate of drug-likeness (QED) is 0.226. The summed E-state index contributed by atoms with van der Waals surface area (Å²) < 4.78 is 0. The molecule has 3 amide bonds. The van der Waals surface area contributed by atoms with Crippen LogP contribution in [0.25, 0.3) is 0 Å². The minimum absolute atomic E-state index is 0.198. The van der Waals surface area contributed by atoms with E-state index < -0.39 is 23.5 Å². The van der Waals surface area contributed by atoms with Crippen LogP contribution in [-0.4, -0.2) is 46.6 Å². The molecule has 34 heavy (non-hydrogen) atoms. The predicted molar refractivity (Wildman–Crippen MR) is 126 cm³/mol. The molecule has 0 aromatic heterocycles. The van der Waals surface area contributed by atoms with Gasteiger partial charge in [-0.1, -0.05) is 59.4 Å². The van der Waals surface area contributed by atoms with Gasteiger partial charge in [0.25, 0.3) is 11.8 Å². The highest BCUT2D eigenvalue weighted by Crippen LogP contribution is 2.50. The summed E-state index contributed by atoms with van der Waals surface area (Å²) in [5.41, 5.74) is 0.563. The molecule has 2 aliphatic rings. The highest BCUT2D eigenvalue weighted by molar-refractivity contribution is 6.06. The molecule has 3 rings (SSSR count). The third-order valence-corrected chi connectivity index (χ3v) is 6.57. The van der Waals surface area contributed by atoms with Gasteiger partial charge >= 0.3 is 5.97 Å². The van der Waals surface area contributed by atoms with Crippen molar-refractivity contribution in [2.75, 3.05) is 7.05 Å². The first-order chi connectivity index (χ1) is 16.1. The van der Waals surface area contributed by atoms with Crippen LogP contribution in [0.3, 0.4) is 0 Å². The van der Waals surface area contributed by atoms with E-state index in [1.807, 2.05) is 20.8 Å². The number of benzene rings is 1. The normalized spacial score (nSPS) is 20.6. The molecule has 1 aromatic rings. The Hall–Kier alpha value is -2.90. The van der Waals surface area contributed by atoms with Gasteiger partial charge in [0.1, 0.15) is 6.04 Å². The largest absolute Gasteiger partial charge is 0.355 e.